The van der Waals surface area contributed by atoms with Gasteiger partial charge in [0.15, 0.2) is 0 Å². The van der Waals surface area contributed by atoms with Crippen molar-refractivity contribution in [1.29, 1.82) is 0 Å². The van der Waals surface area contributed by atoms with Gasteiger partial charge in [-0.15, -0.1) is 0 Å². The summed E-state index contributed by atoms with van der Waals surface area (Å²) in [6.07, 6.45) is 4.71. The normalized spacial score (nSPS) is 11.0. The molecule has 0 bridgehead atoms. The smallest absolute Gasteiger partial charge is 0.138 e. The summed E-state index contributed by atoms with van der Waals surface area (Å²) in [5.41, 5.74) is 1.70. The van der Waals surface area contributed by atoms with Crippen molar-refractivity contribution in [3.05, 3.63) is 102 Å². The lowest BCUT2D eigenvalue weighted by Gasteiger charge is -2.12. The van der Waals surface area contributed by atoms with E-state index in [1.165, 1.54) is 12.1 Å². The van der Waals surface area contributed by atoms with E-state index >= 15 is 4.39 Å². The van der Waals surface area contributed by atoms with E-state index in [9.17, 15) is 8.78 Å². The van der Waals surface area contributed by atoms with Gasteiger partial charge in [-0.25, -0.2) is 13.2 Å². The summed E-state index contributed by atoms with van der Waals surface area (Å²) in [4.78, 5) is 0. The summed E-state index contributed by atoms with van der Waals surface area (Å²) < 4.78 is 50.7. The molecule has 4 aromatic rings. The molecule has 0 amide bonds. The second kappa shape index (κ2) is 9.95. The van der Waals surface area contributed by atoms with E-state index in [1.54, 1.807) is 48.5 Å². The zero-order valence-electron chi connectivity index (χ0n) is 18.5. The molecule has 33 heavy (non-hydrogen) atoms. The van der Waals surface area contributed by atoms with E-state index in [-0.39, 0.29) is 16.7 Å². The lowest BCUT2D eigenvalue weighted by molar-refractivity contribution is 0.363. The Morgan fingerprint density at radius 2 is 1.58 bits per heavy atom. The average molecular weight is 447 g/mol. The van der Waals surface area contributed by atoms with Gasteiger partial charge in [-0.1, -0.05) is 68.5 Å². The highest BCUT2D eigenvalue weighted by Crippen LogP contribution is 2.35. The third kappa shape index (κ3) is 4.80. The number of benzene rings is 4. The number of halogens is 3. The number of fused-ring (bicyclic) bond motifs is 1. The molecule has 0 saturated heterocycles. The van der Waals surface area contributed by atoms with Crippen LogP contribution in [0.1, 0.15) is 25.3 Å². The lowest BCUT2D eigenvalue weighted by atomic mass is 9.95. The quantitative estimate of drug-likeness (QED) is 0.247. The largest absolute Gasteiger partial charge is 0.490 e. The minimum absolute atomic E-state index is 0.157. The summed E-state index contributed by atoms with van der Waals surface area (Å²) >= 11 is 0. The molecule has 0 aromatic heterocycles. The van der Waals surface area contributed by atoms with Crippen LogP contribution in [-0.2, 0) is 6.42 Å². The Bertz CT molecular complexity index is 1270. The summed E-state index contributed by atoms with van der Waals surface area (Å²) in [6.45, 7) is 6.05. The van der Waals surface area contributed by atoms with Crippen molar-refractivity contribution in [2.45, 2.75) is 26.2 Å². The van der Waals surface area contributed by atoms with Crippen molar-refractivity contribution in [2.24, 2.45) is 0 Å². The molecule has 0 unspecified atom stereocenters. The fourth-order valence-corrected chi connectivity index (χ4v) is 3.98. The molecule has 0 saturated carbocycles. The number of unbranched alkanes of at least 4 members (excludes halogenated alkanes) is 1. The molecule has 0 spiro atoms. The first kappa shape index (κ1) is 22.7. The van der Waals surface area contributed by atoms with Crippen molar-refractivity contribution < 1.29 is 17.9 Å². The summed E-state index contributed by atoms with van der Waals surface area (Å²) in [5, 5.41) is 1.22. The zero-order chi connectivity index (χ0) is 23.4. The molecular weight excluding hydrogens is 421 g/mol. The average Bonchev–Trinajstić information content (AvgIpc) is 2.82. The van der Waals surface area contributed by atoms with Crippen LogP contribution in [0.25, 0.3) is 33.0 Å². The van der Waals surface area contributed by atoms with Crippen LogP contribution in [0.2, 0.25) is 0 Å². The zero-order valence-corrected chi connectivity index (χ0v) is 18.5. The molecule has 0 heterocycles. The SMILES string of the molecule is C=CCOc1ccc(-c2c(F)cc(-c3ccc4cc(CCCC)ccc4c3F)cc2F)cc1. The van der Waals surface area contributed by atoms with E-state index in [1.807, 2.05) is 12.1 Å². The summed E-state index contributed by atoms with van der Waals surface area (Å²) in [7, 11) is 0. The van der Waals surface area contributed by atoms with Gasteiger partial charge in [0.1, 0.15) is 29.8 Å². The molecule has 0 N–H and O–H groups in total. The summed E-state index contributed by atoms with van der Waals surface area (Å²) in [5.74, 6) is -1.41. The predicted molar refractivity (Wildman–Crippen MR) is 129 cm³/mol. The van der Waals surface area contributed by atoms with Gasteiger partial charge in [0.05, 0.1) is 5.56 Å². The molecule has 0 aliphatic rings. The number of aryl methyl sites for hydroxylation is 1. The molecular formula is C29H25F3O. The van der Waals surface area contributed by atoms with Crippen LogP contribution in [0.5, 0.6) is 5.75 Å². The highest BCUT2D eigenvalue weighted by Gasteiger charge is 2.17. The Morgan fingerprint density at radius 1 is 0.848 bits per heavy atom. The molecule has 1 nitrogen and oxygen atoms in total. The Hall–Kier alpha value is -3.53. The van der Waals surface area contributed by atoms with Crippen molar-refractivity contribution >= 4 is 10.8 Å². The maximum Gasteiger partial charge on any atom is 0.138 e. The van der Waals surface area contributed by atoms with Crippen LogP contribution >= 0.6 is 0 Å². The van der Waals surface area contributed by atoms with E-state index in [2.05, 4.69) is 13.5 Å². The van der Waals surface area contributed by atoms with Gasteiger partial charge >= 0.3 is 0 Å². The van der Waals surface area contributed by atoms with E-state index in [0.29, 0.717) is 23.3 Å². The first-order valence-electron chi connectivity index (χ1n) is 11.1. The van der Waals surface area contributed by atoms with Crippen LogP contribution in [0.15, 0.2) is 79.4 Å². The fraction of sp³-hybridized carbons (Fsp3) is 0.172. The van der Waals surface area contributed by atoms with Gasteiger partial charge in [0, 0.05) is 10.9 Å². The molecule has 168 valence electrons. The second-order valence-corrected chi connectivity index (χ2v) is 8.03. The van der Waals surface area contributed by atoms with E-state index < -0.39 is 17.5 Å². The van der Waals surface area contributed by atoms with Gasteiger partial charge in [-0.2, -0.15) is 0 Å². The van der Waals surface area contributed by atoms with Gasteiger partial charge in [0.2, 0.25) is 0 Å². The van der Waals surface area contributed by atoms with Crippen LogP contribution < -0.4 is 4.74 Å². The third-order valence-electron chi connectivity index (χ3n) is 5.70. The molecule has 0 aliphatic heterocycles. The molecule has 4 aromatic carbocycles. The van der Waals surface area contributed by atoms with E-state index in [0.717, 1.165) is 30.2 Å². The maximum absolute atomic E-state index is 15.3. The molecule has 0 fully saturated rings. The lowest BCUT2D eigenvalue weighted by Crippen LogP contribution is -1.96. The number of hydrogen-bond acceptors (Lipinski definition) is 1. The van der Waals surface area contributed by atoms with Gasteiger partial charge in [-0.3, -0.25) is 0 Å². The second-order valence-electron chi connectivity index (χ2n) is 8.03. The predicted octanol–water partition coefficient (Wildman–Crippen LogP) is 8.50. The number of ether oxygens (including phenoxy) is 1. The van der Waals surface area contributed by atoms with Gasteiger partial charge < -0.3 is 4.74 Å². The molecule has 4 heteroatoms. The minimum Gasteiger partial charge on any atom is -0.490 e. The van der Waals surface area contributed by atoms with Crippen LogP contribution in [0, 0.1) is 17.5 Å². The standard InChI is InChI=1S/C29H25F3O/c1-3-5-6-19-7-13-24-21(16-19)10-14-25(29(24)32)22-17-26(30)28(27(31)18-22)20-8-11-23(12-9-20)33-15-4-2/h4,7-14,16-18H,2-3,5-6,15H2,1H3. The summed E-state index contributed by atoms with van der Waals surface area (Å²) in [6, 6.07) is 17.8. The fourth-order valence-electron chi connectivity index (χ4n) is 3.98. The Balaban J connectivity index is 1.68. The molecule has 4 rings (SSSR count). The van der Waals surface area contributed by atoms with Crippen molar-refractivity contribution in [3.8, 4) is 28.0 Å². The highest BCUT2D eigenvalue weighted by molar-refractivity contribution is 5.89. The molecule has 0 aliphatic carbocycles. The van der Waals surface area contributed by atoms with Gasteiger partial charge in [-0.05, 0) is 59.2 Å². The third-order valence-corrected chi connectivity index (χ3v) is 5.70. The maximum atomic E-state index is 15.3. The van der Waals surface area contributed by atoms with Crippen molar-refractivity contribution in [3.63, 3.8) is 0 Å². The van der Waals surface area contributed by atoms with Gasteiger partial charge in [0.25, 0.3) is 0 Å². The van der Waals surface area contributed by atoms with Crippen molar-refractivity contribution in [2.75, 3.05) is 6.61 Å². The van der Waals surface area contributed by atoms with Crippen LogP contribution in [0.3, 0.4) is 0 Å². The molecule has 0 radical (unpaired) electrons. The first-order valence-corrected chi connectivity index (χ1v) is 11.1. The number of rotatable bonds is 8. The Kier molecular flexibility index (Phi) is 6.83. The van der Waals surface area contributed by atoms with E-state index in [4.69, 9.17) is 4.74 Å². The van der Waals surface area contributed by atoms with Crippen molar-refractivity contribution in [1.82, 2.24) is 0 Å². The minimum atomic E-state index is -0.751. The Labute approximate surface area is 192 Å². The number of hydrogen-bond donors (Lipinski definition) is 0. The highest BCUT2D eigenvalue weighted by atomic mass is 19.1. The van der Waals surface area contributed by atoms with Crippen LogP contribution in [-0.4, -0.2) is 6.61 Å². The molecule has 0 atom stereocenters. The van der Waals surface area contributed by atoms with Crippen LogP contribution in [0.4, 0.5) is 13.2 Å². The Morgan fingerprint density at radius 3 is 2.24 bits per heavy atom. The first-order chi connectivity index (χ1) is 16.0. The monoisotopic (exact) mass is 446 g/mol. The topological polar surface area (TPSA) is 9.23 Å².